The number of phenols is 2. The molecule has 0 fully saturated rings. The molecule has 0 spiro atoms. The molecular formula is C21H26N2O5. The van der Waals surface area contributed by atoms with Gasteiger partial charge in [-0.05, 0) is 50.5 Å². The molecule has 0 radical (unpaired) electrons. The molecule has 0 aromatic heterocycles. The SMILES string of the molecule is CC(C)(CCc1ccc(O)cc1)NCC(O)c1cc(O)cc2c1OCC(=O)N2. The number of aliphatic hydroxyl groups excluding tert-OH is 1. The van der Waals surface area contributed by atoms with Crippen LogP contribution in [0.4, 0.5) is 5.69 Å². The van der Waals surface area contributed by atoms with E-state index in [1.54, 1.807) is 12.1 Å². The second kappa shape index (κ2) is 8.08. The van der Waals surface area contributed by atoms with Crippen LogP contribution in [-0.2, 0) is 11.2 Å². The average Bonchev–Trinajstić information content (AvgIpc) is 2.65. The van der Waals surface area contributed by atoms with Gasteiger partial charge in [0.25, 0.3) is 5.91 Å². The molecule has 0 aliphatic carbocycles. The van der Waals surface area contributed by atoms with Crippen LogP contribution in [0.3, 0.4) is 0 Å². The number of amides is 1. The standard InChI is InChI=1S/C21H26N2O5/c1-21(2,8-7-13-3-5-14(24)6-4-13)22-11-18(26)16-9-15(25)10-17-20(16)28-12-19(27)23-17/h3-6,9-10,18,22,24-26H,7-8,11-12H2,1-2H3,(H,23,27). The first-order valence-electron chi connectivity index (χ1n) is 9.24. The predicted octanol–water partition coefficient (Wildman–Crippen LogP) is 2.46. The normalized spacial score (nSPS) is 14.8. The molecule has 1 heterocycles. The minimum Gasteiger partial charge on any atom is -0.508 e. The largest absolute Gasteiger partial charge is 0.508 e. The van der Waals surface area contributed by atoms with Crippen molar-refractivity contribution in [3.8, 4) is 17.2 Å². The fourth-order valence-corrected chi connectivity index (χ4v) is 3.15. The first-order valence-corrected chi connectivity index (χ1v) is 9.24. The van der Waals surface area contributed by atoms with Crippen LogP contribution in [0.25, 0.3) is 0 Å². The van der Waals surface area contributed by atoms with Gasteiger partial charge in [-0.2, -0.15) is 0 Å². The molecule has 3 rings (SSSR count). The van der Waals surface area contributed by atoms with Crippen molar-refractivity contribution in [3.05, 3.63) is 47.5 Å². The van der Waals surface area contributed by atoms with E-state index in [4.69, 9.17) is 4.74 Å². The van der Waals surface area contributed by atoms with Gasteiger partial charge in [-0.25, -0.2) is 0 Å². The lowest BCUT2D eigenvalue weighted by atomic mass is 9.94. The number of ether oxygens (including phenoxy) is 1. The second-order valence-electron chi connectivity index (χ2n) is 7.70. The zero-order chi connectivity index (χ0) is 20.3. The first-order chi connectivity index (χ1) is 13.2. The molecule has 5 N–H and O–H groups in total. The average molecular weight is 386 g/mol. The van der Waals surface area contributed by atoms with Crippen molar-refractivity contribution >= 4 is 11.6 Å². The molecule has 1 amide bonds. The third kappa shape index (κ3) is 4.94. The van der Waals surface area contributed by atoms with Crippen LogP contribution in [0.1, 0.15) is 37.5 Å². The number of aromatic hydroxyl groups is 2. The Bertz CT molecular complexity index is 849. The lowest BCUT2D eigenvalue weighted by Gasteiger charge is -2.29. The topological polar surface area (TPSA) is 111 Å². The molecule has 0 saturated carbocycles. The molecule has 0 bridgehead atoms. The molecule has 1 unspecified atom stereocenters. The number of carbonyl (C=O) groups is 1. The van der Waals surface area contributed by atoms with Gasteiger partial charge in [-0.15, -0.1) is 0 Å². The highest BCUT2D eigenvalue weighted by molar-refractivity contribution is 5.96. The number of β-amino-alcohol motifs (C(OH)–C–C–N with tert-alkyl or cyclic N) is 1. The Balaban J connectivity index is 1.62. The number of phenolic OH excluding ortho intramolecular Hbond substituents is 2. The minimum atomic E-state index is -0.913. The Labute approximate surface area is 164 Å². The van der Waals surface area contributed by atoms with E-state index in [1.807, 2.05) is 12.1 Å². The van der Waals surface area contributed by atoms with E-state index in [0.29, 0.717) is 17.0 Å². The molecule has 2 aromatic rings. The summed E-state index contributed by atoms with van der Waals surface area (Å²) in [6, 6.07) is 9.98. The fraction of sp³-hybridized carbons (Fsp3) is 0.381. The van der Waals surface area contributed by atoms with Crippen molar-refractivity contribution < 1.29 is 24.9 Å². The lowest BCUT2D eigenvalue weighted by molar-refractivity contribution is -0.118. The molecule has 1 aliphatic heterocycles. The summed E-state index contributed by atoms with van der Waals surface area (Å²) in [6.45, 7) is 4.24. The molecular weight excluding hydrogens is 360 g/mol. The van der Waals surface area contributed by atoms with E-state index in [9.17, 15) is 20.1 Å². The number of aliphatic hydroxyl groups is 1. The summed E-state index contributed by atoms with van der Waals surface area (Å²) in [5, 5.41) is 35.9. The zero-order valence-electron chi connectivity index (χ0n) is 16.0. The number of hydrogen-bond donors (Lipinski definition) is 5. The van der Waals surface area contributed by atoms with Gasteiger partial charge >= 0.3 is 0 Å². The van der Waals surface area contributed by atoms with Gasteiger partial charge in [0.15, 0.2) is 6.61 Å². The number of aryl methyl sites for hydroxylation is 1. The highest BCUT2D eigenvalue weighted by Gasteiger charge is 2.26. The van der Waals surface area contributed by atoms with Crippen LogP contribution >= 0.6 is 0 Å². The molecule has 2 aromatic carbocycles. The summed E-state index contributed by atoms with van der Waals surface area (Å²) >= 11 is 0. The van der Waals surface area contributed by atoms with E-state index >= 15 is 0 Å². The summed E-state index contributed by atoms with van der Waals surface area (Å²) in [6.07, 6.45) is 0.742. The van der Waals surface area contributed by atoms with Gasteiger partial charge in [0.1, 0.15) is 17.2 Å². The zero-order valence-corrected chi connectivity index (χ0v) is 16.0. The number of fused-ring (bicyclic) bond motifs is 1. The Kier molecular flexibility index (Phi) is 5.76. The Morgan fingerprint density at radius 2 is 1.89 bits per heavy atom. The van der Waals surface area contributed by atoms with Gasteiger partial charge in [0.05, 0.1) is 11.8 Å². The van der Waals surface area contributed by atoms with Crippen LogP contribution in [0.2, 0.25) is 0 Å². The molecule has 28 heavy (non-hydrogen) atoms. The van der Waals surface area contributed by atoms with Gasteiger partial charge in [0.2, 0.25) is 0 Å². The maximum atomic E-state index is 11.5. The maximum absolute atomic E-state index is 11.5. The van der Waals surface area contributed by atoms with Crippen molar-refractivity contribution in [2.24, 2.45) is 0 Å². The molecule has 1 aliphatic rings. The smallest absolute Gasteiger partial charge is 0.262 e. The maximum Gasteiger partial charge on any atom is 0.262 e. The lowest BCUT2D eigenvalue weighted by Crippen LogP contribution is -2.42. The molecule has 1 atom stereocenters. The number of anilines is 1. The predicted molar refractivity (Wildman–Crippen MR) is 106 cm³/mol. The highest BCUT2D eigenvalue weighted by Crippen LogP contribution is 2.38. The summed E-state index contributed by atoms with van der Waals surface area (Å²) in [7, 11) is 0. The van der Waals surface area contributed by atoms with Gasteiger partial charge in [-0.3, -0.25) is 4.79 Å². The van der Waals surface area contributed by atoms with Crippen LogP contribution in [-0.4, -0.2) is 39.9 Å². The van der Waals surface area contributed by atoms with Gasteiger partial charge in [-0.1, -0.05) is 12.1 Å². The number of carbonyl (C=O) groups excluding carboxylic acids is 1. The van der Waals surface area contributed by atoms with Crippen molar-refractivity contribution in [1.29, 1.82) is 0 Å². The third-order valence-electron chi connectivity index (χ3n) is 4.83. The van der Waals surface area contributed by atoms with E-state index in [-0.39, 0.29) is 36.1 Å². The van der Waals surface area contributed by atoms with Crippen LogP contribution in [0.15, 0.2) is 36.4 Å². The summed E-state index contributed by atoms with van der Waals surface area (Å²) in [5.41, 5.74) is 1.67. The number of rotatable bonds is 7. The number of benzene rings is 2. The molecule has 150 valence electrons. The van der Waals surface area contributed by atoms with Crippen molar-refractivity contribution in [2.45, 2.75) is 38.3 Å². The first kappa shape index (κ1) is 20.0. The summed E-state index contributed by atoms with van der Waals surface area (Å²) in [5.74, 6) is 0.280. The van der Waals surface area contributed by atoms with E-state index in [1.165, 1.54) is 12.1 Å². The van der Waals surface area contributed by atoms with E-state index in [2.05, 4.69) is 24.5 Å². The van der Waals surface area contributed by atoms with Crippen LogP contribution in [0.5, 0.6) is 17.2 Å². The Morgan fingerprint density at radius 3 is 2.61 bits per heavy atom. The van der Waals surface area contributed by atoms with Gasteiger partial charge in [0, 0.05) is 23.7 Å². The van der Waals surface area contributed by atoms with Gasteiger partial charge < -0.3 is 30.7 Å². The van der Waals surface area contributed by atoms with Crippen LogP contribution < -0.4 is 15.4 Å². The van der Waals surface area contributed by atoms with Crippen LogP contribution in [0, 0.1) is 0 Å². The Hall–Kier alpha value is -2.77. The Morgan fingerprint density at radius 1 is 1.18 bits per heavy atom. The number of hydrogen-bond acceptors (Lipinski definition) is 6. The van der Waals surface area contributed by atoms with Crippen molar-refractivity contribution in [2.75, 3.05) is 18.5 Å². The third-order valence-corrected chi connectivity index (χ3v) is 4.83. The van der Waals surface area contributed by atoms with E-state index in [0.717, 1.165) is 18.4 Å². The second-order valence-corrected chi connectivity index (χ2v) is 7.70. The monoisotopic (exact) mass is 386 g/mol. The van der Waals surface area contributed by atoms with Crippen molar-refractivity contribution in [3.63, 3.8) is 0 Å². The van der Waals surface area contributed by atoms with E-state index < -0.39 is 6.10 Å². The molecule has 7 nitrogen and oxygen atoms in total. The number of nitrogens with one attached hydrogen (secondary N) is 2. The highest BCUT2D eigenvalue weighted by atomic mass is 16.5. The molecule has 7 heteroatoms. The fourth-order valence-electron chi connectivity index (χ4n) is 3.15. The molecule has 0 saturated heterocycles. The van der Waals surface area contributed by atoms with Crippen molar-refractivity contribution in [1.82, 2.24) is 5.32 Å². The summed E-state index contributed by atoms with van der Waals surface area (Å²) < 4.78 is 5.46. The minimum absolute atomic E-state index is 0.0507. The summed E-state index contributed by atoms with van der Waals surface area (Å²) in [4.78, 5) is 11.5. The quantitative estimate of drug-likeness (QED) is 0.500.